The van der Waals surface area contributed by atoms with Gasteiger partial charge in [0.25, 0.3) is 0 Å². The third-order valence-electron chi connectivity index (χ3n) is 2.74. The van der Waals surface area contributed by atoms with Gasteiger partial charge in [0.05, 0.1) is 0 Å². The van der Waals surface area contributed by atoms with E-state index >= 15 is 0 Å². The lowest BCUT2D eigenvalue weighted by Crippen LogP contribution is -2.54. The Morgan fingerprint density at radius 2 is 1.83 bits per heavy atom. The minimum atomic E-state index is -2.72. The molecule has 0 heterocycles. The van der Waals surface area contributed by atoms with Crippen LogP contribution in [0, 0.1) is 0 Å². The highest BCUT2D eigenvalue weighted by atomic mass is 28.4. The van der Waals surface area contributed by atoms with Crippen molar-refractivity contribution in [3.05, 3.63) is 29.8 Å². The van der Waals surface area contributed by atoms with E-state index in [-0.39, 0.29) is 0 Å². The maximum atomic E-state index is 5.46. The maximum absolute atomic E-state index is 5.46. The van der Waals surface area contributed by atoms with Crippen molar-refractivity contribution in [3.8, 4) is 0 Å². The molecule has 0 aliphatic rings. The van der Waals surface area contributed by atoms with Gasteiger partial charge < -0.3 is 24.3 Å². The normalized spacial score (nSPS) is 11.8. The van der Waals surface area contributed by atoms with Crippen molar-refractivity contribution in [1.82, 2.24) is 5.32 Å². The molecule has 0 bridgehead atoms. The van der Waals surface area contributed by atoms with Gasteiger partial charge in [-0.25, -0.2) is 0 Å². The van der Waals surface area contributed by atoms with Gasteiger partial charge in [0, 0.05) is 46.2 Å². The Bertz CT molecular complexity index is 351. The third-order valence-corrected chi connectivity index (χ3v) is 5.37. The van der Waals surface area contributed by atoms with Crippen molar-refractivity contribution < 1.29 is 13.3 Å². The fourth-order valence-corrected chi connectivity index (χ4v) is 3.68. The average molecular weight is 270 g/mol. The predicted octanol–water partition coefficient (Wildman–Crippen LogP) is -0.180. The van der Waals surface area contributed by atoms with Crippen molar-refractivity contribution in [2.75, 3.05) is 34.4 Å². The maximum Gasteiger partial charge on any atom is 0.536 e. The zero-order valence-electron chi connectivity index (χ0n) is 11.2. The Labute approximate surface area is 110 Å². The van der Waals surface area contributed by atoms with Gasteiger partial charge >= 0.3 is 8.80 Å². The lowest BCUT2D eigenvalue weighted by Gasteiger charge is -2.24. The minimum absolute atomic E-state index is 0.632. The molecule has 0 spiro atoms. The molecule has 0 fully saturated rings. The Morgan fingerprint density at radius 1 is 1.17 bits per heavy atom. The van der Waals surface area contributed by atoms with Crippen LogP contribution >= 0.6 is 0 Å². The number of benzene rings is 1. The van der Waals surface area contributed by atoms with E-state index in [0.29, 0.717) is 6.54 Å². The van der Waals surface area contributed by atoms with E-state index in [0.717, 1.165) is 23.8 Å². The van der Waals surface area contributed by atoms with E-state index in [1.807, 2.05) is 24.3 Å². The van der Waals surface area contributed by atoms with E-state index in [4.69, 9.17) is 19.0 Å². The van der Waals surface area contributed by atoms with Crippen LogP contribution in [0.2, 0.25) is 0 Å². The van der Waals surface area contributed by atoms with Gasteiger partial charge in [-0.2, -0.15) is 0 Å². The summed E-state index contributed by atoms with van der Waals surface area (Å²) < 4.78 is 16.4. The molecule has 0 aliphatic carbocycles. The molecule has 0 atom stereocenters. The summed E-state index contributed by atoms with van der Waals surface area (Å²) in [6.07, 6.45) is 0. The van der Waals surface area contributed by atoms with E-state index in [1.165, 1.54) is 0 Å². The summed E-state index contributed by atoms with van der Waals surface area (Å²) in [5.41, 5.74) is 6.60. The molecule has 102 valence electrons. The smallest absolute Gasteiger partial charge is 0.373 e. The summed E-state index contributed by atoms with van der Waals surface area (Å²) in [4.78, 5) is 0. The van der Waals surface area contributed by atoms with Crippen LogP contribution in [0.3, 0.4) is 0 Å². The first-order valence-electron chi connectivity index (χ1n) is 5.88. The number of nitrogens with two attached hydrogens (primary N) is 1. The molecule has 1 rings (SSSR count). The van der Waals surface area contributed by atoms with Crippen LogP contribution < -0.4 is 16.2 Å². The van der Waals surface area contributed by atoms with E-state index in [2.05, 4.69) is 5.32 Å². The molecule has 0 radical (unpaired) electrons. The molecular weight excluding hydrogens is 248 g/mol. The van der Waals surface area contributed by atoms with Gasteiger partial charge in [-0.15, -0.1) is 0 Å². The standard InChI is InChI=1S/C12H22N2O3Si/c1-15-18(16-2,17-3)12-6-4-5-11(9-12)10-14-8-7-13/h4-6,9,14H,7-8,10,13H2,1-3H3. The van der Waals surface area contributed by atoms with E-state index in [9.17, 15) is 0 Å². The van der Waals surface area contributed by atoms with Gasteiger partial charge in [0.2, 0.25) is 0 Å². The monoisotopic (exact) mass is 270 g/mol. The first-order chi connectivity index (χ1) is 8.72. The number of hydrogen-bond donors (Lipinski definition) is 2. The van der Waals surface area contributed by atoms with Crippen LogP contribution in [0.5, 0.6) is 0 Å². The molecule has 0 amide bonds. The summed E-state index contributed by atoms with van der Waals surface area (Å²) in [7, 11) is 2.10. The molecule has 3 N–H and O–H groups in total. The molecule has 0 saturated heterocycles. The number of nitrogens with one attached hydrogen (secondary N) is 1. The van der Waals surface area contributed by atoms with Crippen molar-refractivity contribution in [2.24, 2.45) is 5.73 Å². The number of hydrogen-bond acceptors (Lipinski definition) is 5. The summed E-state index contributed by atoms with van der Waals surface area (Å²) in [5.74, 6) is 0. The van der Waals surface area contributed by atoms with E-state index in [1.54, 1.807) is 21.3 Å². The Hall–Kier alpha value is -0.763. The SMILES string of the molecule is CO[Si](OC)(OC)c1cccc(CNCCN)c1. The topological polar surface area (TPSA) is 65.7 Å². The molecule has 0 aromatic heterocycles. The Morgan fingerprint density at radius 3 is 2.39 bits per heavy atom. The molecule has 5 nitrogen and oxygen atoms in total. The van der Waals surface area contributed by atoms with Gasteiger partial charge in [-0.1, -0.05) is 24.3 Å². The summed E-state index contributed by atoms with van der Waals surface area (Å²) in [5, 5.41) is 4.21. The van der Waals surface area contributed by atoms with Gasteiger partial charge in [0.15, 0.2) is 0 Å². The highest BCUT2D eigenvalue weighted by molar-refractivity contribution is 6.75. The molecule has 6 heteroatoms. The molecule has 0 unspecified atom stereocenters. The van der Waals surface area contributed by atoms with Crippen LogP contribution in [0.25, 0.3) is 0 Å². The fraction of sp³-hybridized carbons (Fsp3) is 0.500. The average Bonchev–Trinajstić information content (AvgIpc) is 2.42. The van der Waals surface area contributed by atoms with Gasteiger partial charge in [0.1, 0.15) is 0 Å². The number of rotatable bonds is 8. The molecule has 1 aromatic carbocycles. The molecule has 0 aliphatic heterocycles. The lowest BCUT2D eigenvalue weighted by molar-refractivity contribution is 0.140. The molecule has 0 saturated carbocycles. The quantitative estimate of drug-likeness (QED) is 0.507. The van der Waals surface area contributed by atoms with Crippen molar-refractivity contribution >= 4 is 14.0 Å². The van der Waals surface area contributed by atoms with Crippen LogP contribution in [0.4, 0.5) is 0 Å². The highest BCUT2D eigenvalue weighted by Gasteiger charge is 2.40. The van der Waals surface area contributed by atoms with Crippen LogP contribution in [-0.4, -0.2) is 43.2 Å². The predicted molar refractivity (Wildman–Crippen MR) is 73.6 cm³/mol. The van der Waals surface area contributed by atoms with E-state index < -0.39 is 8.80 Å². The third kappa shape index (κ3) is 3.61. The lowest BCUT2D eigenvalue weighted by atomic mass is 10.2. The summed E-state index contributed by atoms with van der Waals surface area (Å²) in [6.45, 7) is 2.20. The zero-order chi connectivity index (χ0) is 13.4. The molecule has 1 aromatic rings. The highest BCUT2D eigenvalue weighted by Crippen LogP contribution is 2.08. The largest absolute Gasteiger partial charge is 0.536 e. The second-order valence-corrected chi connectivity index (χ2v) is 6.75. The van der Waals surface area contributed by atoms with Crippen LogP contribution in [0.1, 0.15) is 5.56 Å². The van der Waals surface area contributed by atoms with Crippen LogP contribution in [0.15, 0.2) is 24.3 Å². The van der Waals surface area contributed by atoms with Gasteiger partial charge in [-0.3, -0.25) is 0 Å². The second kappa shape index (κ2) is 7.62. The zero-order valence-corrected chi connectivity index (χ0v) is 12.2. The molecular formula is C12H22N2O3Si. The second-order valence-electron chi connectivity index (χ2n) is 3.83. The first-order valence-corrected chi connectivity index (χ1v) is 7.60. The van der Waals surface area contributed by atoms with Crippen molar-refractivity contribution in [1.29, 1.82) is 0 Å². The Kier molecular flexibility index (Phi) is 6.48. The fourth-order valence-electron chi connectivity index (χ4n) is 1.81. The molecule has 18 heavy (non-hydrogen) atoms. The Balaban J connectivity index is 2.85. The van der Waals surface area contributed by atoms with Crippen molar-refractivity contribution in [3.63, 3.8) is 0 Å². The van der Waals surface area contributed by atoms with Crippen LogP contribution in [-0.2, 0) is 19.8 Å². The van der Waals surface area contributed by atoms with Crippen molar-refractivity contribution in [2.45, 2.75) is 6.54 Å². The van der Waals surface area contributed by atoms with Gasteiger partial charge in [-0.05, 0) is 5.56 Å². The summed E-state index contributed by atoms with van der Waals surface area (Å²) in [6, 6.07) is 8.04. The summed E-state index contributed by atoms with van der Waals surface area (Å²) >= 11 is 0. The first kappa shape index (κ1) is 15.3. The minimum Gasteiger partial charge on any atom is -0.373 e.